The average molecular weight is 552 g/mol. The highest BCUT2D eigenvalue weighted by Gasteiger charge is 2.24. The topological polar surface area (TPSA) is 75.2 Å². The Kier molecular flexibility index (Phi) is 10.1. The van der Waals surface area contributed by atoms with Crippen molar-refractivity contribution in [3.63, 3.8) is 0 Å². The lowest BCUT2D eigenvalue weighted by Crippen LogP contribution is -2.45. The molecular formula is C24H33IN4O3. The molecule has 174 valence electrons. The highest BCUT2D eigenvalue weighted by molar-refractivity contribution is 14.0. The second kappa shape index (κ2) is 12.5. The summed E-state index contributed by atoms with van der Waals surface area (Å²) < 4.78 is 11.4. The lowest BCUT2D eigenvalue weighted by Gasteiger charge is -2.21. The van der Waals surface area contributed by atoms with E-state index in [4.69, 9.17) is 9.47 Å². The number of para-hydroxylation sites is 1. The second-order valence-electron chi connectivity index (χ2n) is 7.29. The van der Waals surface area contributed by atoms with E-state index in [0.717, 1.165) is 29.2 Å². The number of nitrogens with one attached hydrogen (secondary N) is 2. The first-order valence-corrected chi connectivity index (χ1v) is 10.8. The van der Waals surface area contributed by atoms with E-state index in [1.165, 1.54) is 5.56 Å². The first-order chi connectivity index (χ1) is 15.1. The molecule has 1 aliphatic rings. The van der Waals surface area contributed by atoms with Gasteiger partial charge < -0.3 is 25.0 Å². The third kappa shape index (κ3) is 6.27. The fraction of sp³-hybridized carbons (Fsp3) is 0.417. The van der Waals surface area contributed by atoms with E-state index in [1.807, 2.05) is 62.1 Å². The van der Waals surface area contributed by atoms with Crippen molar-refractivity contribution in [1.29, 1.82) is 0 Å². The summed E-state index contributed by atoms with van der Waals surface area (Å²) in [5, 5.41) is 6.48. The first-order valence-electron chi connectivity index (χ1n) is 10.8. The molecule has 1 amide bonds. The maximum absolute atomic E-state index is 12.8. The van der Waals surface area contributed by atoms with E-state index in [-0.39, 0.29) is 42.5 Å². The Hall–Kier alpha value is -2.49. The first kappa shape index (κ1) is 25.8. The van der Waals surface area contributed by atoms with Crippen molar-refractivity contribution in [3.8, 4) is 11.5 Å². The van der Waals surface area contributed by atoms with E-state index in [0.29, 0.717) is 25.7 Å². The van der Waals surface area contributed by atoms with Gasteiger partial charge in [-0.15, -0.1) is 24.0 Å². The molecule has 0 bridgehead atoms. The van der Waals surface area contributed by atoms with Gasteiger partial charge in [0.05, 0.1) is 25.8 Å². The van der Waals surface area contributed by atoms with Crippen LogP contribution in [-0.2, 0) is 11.2 Å². The van der Waals surface area contributed by atoms with E-state index in [9.17, 15) is 4.79 Å². The molecule has 7 nitrogen and oxygen atoms in total. The van der Waals surface area contributed by atoms with Gasteiger partial charge in [-0.2, -0.15) is 0 Å². The Labute approximate surface area is 207 Å². The number of aliphatic imine (C=N–C) groups is 1. The van der Waals surface area contributed by atoms with Gasteiger partial charge in [0.15, 0.2) is 17.5 Å². The Morgan fingerprint density at radius 1 is 1.12 bits per heavy atom. The number of fused-ring (bicyclic) bond motifs is 1. The fourth-order valence-electron chi connectivity index (χ4n) is 3.67. The summed E-state index contributed by atoms with van der Waals surface area (Å²) in [5.74, 6) is 2.06. The van der Waals surface area contributed by atoms with Crippen molar-refractivity contribution >= 4 is 41.5 Å². The van der Waals surface area contributed by atoms with Gasteiger partial charge in [0.25, 0.3) is 0 Å². The van der Waals surface area contributed by atoms with Crippen LogP contribution < -0.4 is 25.0 Å². The van der Waals surface area contributed by atoms with Gasteiger partial charge >= 0.3 is 0 Å². The monoisotopic (exact) mass is 552 g/mol. The standard InChI is InChI=1S/C24H32N4O3.HI/c1-5-30-21-12-11-19(15-22(21)31-6-2)17(3)27-24(25-4)26-16-23(29)28-14-13-18-9-7-8-10-20(18)28;/h7-12,15,17H,5-6,13-14,16H2,1-4H3,(H2,25,26,27);1H. The van der Waals surface area contributed by atoms with Gasteiger partial charge in [-0.25, -0.2) is 0 Å². The van der Waals surface area contributed by atoms with Crippen LogP contribution >= 0.6 is 24.0 Å². The predicted octanol–water partition coefficient (Wildman–Crippen LogP) is 3.92. The molecule has 2 aromatic carbocycles. The molecule has 0 fully saturated rings. The van der Waals surface area contributed by atoms with Gasteiger partial charge in [-0.3, -0.25) is 9.79 Å². The summed E-state index contributed by atoms with van der Waals surface area (Å²) in [7, 11) is 1.70. The molecule has 3 rings (SSSR count). The minimum Gasteiger partial charge on any atom is -0.490 e. The van der Waals surface area contributed by atoms with Gasteiger partial charge in [-0.1, -0.05) is 24.3 Å². The Bertz CT molecular complexity index is 935. The number of hydrogen-bond donors (Lipinski definition) is 2. The van der Waals surface area contributed by atoms with E-state index in [2.05, 4.69) is 21.7 Å². The van der Waals surface area contributed by atoms with E-state index >= 15 is 0 Å². The van der Waals surface area contributed by atoms with Gasteiger partial charge in [-0.05, 0) is 56.5 Å². The second-order valence-corrected chi connectivity index (χ2v) is 7.29. The van der Waals surface area contributed by atoms with Gasteiger partial charge in [0.1, 0.15) is 0 Å². The van der Waals surface area contributed by atoms with Crippen molar-refractivity contribution in [2.45, 2.75) is 33.2 Å². The van der Waals surface area contributed by atoms with Crippen LogP contribution in [0.15, 0.2) is 47.5 Å². The minimum absolute atomic E-state index is 0. The molecule has 1 unspecified atom stereocenters. The quantitative estimate of drug-likeness (QED) is 0.295. The van der Waals surface area contributed by atoms with Crippen LogP contribution in [0, 0.1) is 0 Å². The van der Waals surface area contributed by atoms with Crippen molar-refractivity contribution in [2.24, 2.45) is 4.99 Å². The maximum Gasteiger partial charge on any atom is 0.246 e. The summed E-state index contributed by atoms with van der Waals surface area (Å²) in [6.07, 6.45) is 0.895. The number of anilines is 1. The number of benzene rings is 2. The van der Waals surface area contributed by atoms with Crippen molar-refractivity contribution < 1.29 is 14.3 Å². The van der Waals surface area contributed by atoms with Crippen LogP contribution in [-0.4, -0.2) is 45.2 Å². The van der Waals surface area contributed by atoms with Crippen LogP contribution in [0.1, 0.15) is 37.9 Å². The van der Waals surface area contributed by atoms with Crippen LogP contribution in [0.25, 0.3) is 0 Å². The van der Waals surface area contributed by atoms with E-state index < -0.39 is 0 Å². The predicted molar refractivity (Wildman–Crippen MR) is 140 cm³/mol. The van der Waals surface area contributed by atoms with Crippen molar-refractivity contribution in [1.82, 2.24) is 10.6 Å². The number of amides is 1. The fourth-order valence-corrected chi connectivity index (χ4v) is 3.67. The zero-order valence-corrected chi connectivity index (χ0v) is 21.5. The molecule has 0 radical (unpaired) electrons. The minimum atomic E-state index is -0.0382. The molecule has 0 saturated heterocycles. The number of guanidine groups is 1. The summed E-state index contributed by atoms with van der Waals surface area (Å²) in [5.41, 5.74) is 3.26. The number of ether oxygens (including phenoxy) is 2. The molecule has 0 spiro atoms. The zero-order valence-electron chi connectivity index (χ0n) is 19.2. The molecule has 0 aromatic heterocycles. The zero-order chi connectivity index (χ0) is 22.2. The average Bonchev–Trinajstić information content (AvgIpc) is 3.22. The molecule has 8 heteroatoms. The normalized spacial score (nSPS) is 13.6. The van der Waals surface area contributed by atoms with Crippen LogP contribution in [0.3, 0.4) is 0 Å². The van der Waals surface area contributed by atoms with Crippen LogP contribution in [0.5, 0.6) is 11.5 Å². The molecular weight excluding hydrogens is 519 g/mol. The summed E-state index contributed by atoms with van der Waals surface area (Å²) in [6.45, 7) is 7.98. The van der Waals surface area contributed by atoms with E-state index in [1.54, 1.807) is 7.05 Å². The highest BCUT2D eigenvalue weighted by Crippen LogP contribution is 2.31. The lowest BCUT2D eigenvalue weighted by molar-refractivity contribution is -0.117. The molecule has 1 aliphatic heterocycles. The lowest BCUT2D eigenvalue weighted by atomic mass is 10.1. The van der Waals surface area contributed by atoms with Crippen molar-refractivity contribution in [3.05, 3.63) is 53.6 Å². The number of rotatable bonds is 8. The summed E-state index contributed by atoms with van der Waals surface area (Å²) >= 11 is 0. The molecule has 0 saturated carbocycles. The number of carbonyl (C=O) groups excluding carboxylic acids is 1. The Balaban J connectivity index is 0.00000363. The molecule has 0 aliphatic carbocycles. The molecule has 2 aromatic rings. The molecule has 32 heavy (non-hydrogen) atoms. The van der Waals surface area contributed by atoms with Gasteiger partial charge in [0, 0.05) is 19.3 Å². The third-order valence-electron chi connectivity index (χ3n) is 5.24. The molecule has 1 atom stereocenters. The van der Waals surface area contributed by atoms with Crippen LogP contribution in [0.4, 0.5) is 5.69 Å². The number of halogens is 1. The number of carbonyl (C=O) groups is 1. The third-order valence-corrected chi connectivity index (χ3v) is 5.24. The Morgan fingerprint density at radius 3 is 2.56 bits per heavy atom. The molecule has 2 N–H and O–H groups in total. The SMILES string of the molecule is CCOc1ccc(C(C)NC(=NC)NCC(=O)N2CCc3ccccc32)cc1OCC.I. The highest BCUT2D eigenvalue weighted by atomic mass is 127. The summed E-state index contributed by atoms with van der Waals surface area (Å²) in [6, 6.07) is 13.9. The smallest absolute Gasteiger partial charge is 0.246 e. The van der Waals surface area contributed by atoms with Crippen LogP contribution in [0.2, 0.25) is 0 Å². The molecule has 1 heterocycles. The largest absolute Gasteiger partial charge is 0.490 e. The maximum atomic E-state index is 12.8. The summed E-state index contributed by atoms with van der Waals surface area (Å²) in [4.78, 5) is 18.9. The number of nitrogens with zero attached hydrogens (tertiary/aromatic N) is 2. The number of hydrogen-bond acceptors (Lipinski definition) is 4. The van der Waals surface area contributed by atoms with Gasteiger partial charge in [0.2, 0.25) is 5.91 Å². The Morgan fingerprint density at radius 2 is 1.84 bits per heavy atom. The van der Waals surface area contributed by atoms with Crippen molar-refractivity contribution in [2.75, 3.05) is 38.3 Å².